The second-order valence-electron chi connectivity index (χ2n) is 9.55. The van der Waals surface area contributed by atoms with E-state index in [1.165, 1.54) is 12.2 Å². The number of methoxy groups -OCH3 is 1. The molecule has 0 N–H and O–H groups in total. The summed E-state index contributed by atoms with van der Waals surface area (Å²) < 4.78 is 17.1. The lowest BCUT2D eigenvalue weighted by Gasteiger charge is -2.39. The van der Waals surface area contributed by atoms with Crippen LogP contribution in [0.15, 0.2) is 24.3 Å². The number of amides is 1. The summed E-state index contributed by atoms with van der Waals surface area (Å²) in [5.41, 5.74) is 0.953. The number of fused-ring (bicyclic) bond motifs is 3. The fourth-order valence-electron chi connectivity index (χ4n) is 3.64. The number of para-hydroxylation sites is 1. The number of benzene rings is 1. The van der Waals surface area contributed by atoms with Gasteiger partial charge in [0.05, 0.1) is 45.3 Å². The summed E-state index contributed by atoms with van der Waals surface area (Å²) in [6.45, 7) is 11.5. The van der Waals surface area contributed by atoms with Crippen molar-refractivity contribution in [2.75, 3.05) is 20.3 Å². The van der Waals surface area contributed by atoms with Gasteiger partial charge >= 0.3 is 5.97 Å². The molecule has 0 radical (unpaired) electrons. The smallest absolute Gasteiger partial charge is 0.308 e. The van der Waals surface area contributed by atoms with E-state index in [1.807, 2.05) is 24.3 Å². The van der Waals surface area contributed by atoms with E-state index in [-0.39, 0.29) is 41.7 Å². The van der Waals surface area contributed by atoms with Crippen LogP contribution < -0.4 is 4.74 Å². The van der Waals surface area contributed by atoms with Gasteiger partial charge in [-0.1, -0.05) is 39.0 Å². The van der Waals surface area contributed by atoms with Crippen molar-refractivity contribution < 1.29 is 28.3 Å². The number of nitrogens with zero attached hydrogens (tertiary/aromatic N) is 1. The van der Waals surface area contributed by atoms with Gasteiger partial charge in [-0.25, -0.2) is 5.06 Å². The average molecular weight is 436 g/mol. The number of carbonyl (C=O) groups is 2. The molecule has 7 nitrogen and oxygen atoms in total. The minimum absolute atomic E-state index is 0.0381. The van der Waals surface area contributed by atoms with Crippen LogP contribution in [0, 0.1) is 5.92 Å². The Morgan fingerprint density at radius 3 is 2.57 bits per heavy atom. The van der Waals surface area contributed by atoms with E-state index in [0.29, 0.717) is 13.2 Å². The van der Waals surface area contributed by atoms with Crippen LogP contribution in [-0.4, -0.2) is 51.7 Å². The Labute approximate surface area is 179 Å². The molecule has 30 heavy (non-hydrogen) atoms. The first kappa shape index (κ1) is 22.8. The van der Waals surface area contributed by atoms with Crippen molar-refractivity contribution in [2.45, 2.75) is 63.9 Å². The molecule has 166 valence electrons. The van der Waals surface area contributed by atoms with Gasteiger partial charge in [-0.15, -0.1) is 0 Å². The molecule has 1 aromatic carbocycles. The average Bonchev–Trinajstić information content (AvgIpc) is 3.11. The third-order valence-electron chi connectivity index (χ3n) is 6.36. The summed E-state index contributed by atoms with van der Waals surface area (Å²) in [4.78, 5) is 31.1. The number of hydroxylamine groups is 2. The van der Waals surface area contributed by atoms with Gasteiger partial charge in [0.25, 0.3) is 0 Å². The van der Waals surface area contributed by atoms with Gasteiger partial charge in [-0.2, -0.15) is 0 Å². The predicted molar refractivity (Wildman–Crippen MR) is 114 cm³/mol. The lowest BCUT2D eigenvalue weighted by atomic mass is 9.91. The standard InChI is InChI=1S/C22H33NO6Si/c1-22(2,3)30(5,6)29-16(12-20(25)26-4)11-19(24)23-21-15(14-28-23)13-27-18-10-8-7-9-17(18)21/h7-10,15-16,21H,11-14H2,1-6H3/t15-,16+,21+/m1/s1. The van der Waals surface area contributed by atoms with E-state index < -0.39 is 14.4 Å². The van der Waals surface area contributed by atoms with Crippen LogP contribution in [0.1, 0.15) is 45.2 Å². The van der Waals surface area contributed by atoms with Crippen molar-refractivity contribution in [3.63, 3.8) is 0 Å². The molecular weight excluding hydrogens is 402 g/mol. The summed E-state index contributed by atoms with van der Waals surface area (Å²) in [6.07, 6.45) is -0.451. The van der Waals surface area contributed by atoms with E-state index in [0.717, 1.165) is 11.3 Å². The summed E-state index contributed by atoms with van der Waals surface area (Å²) in [7, 11) is -0.838. The quantitative estimate of drug-likeness (QED) is 0.499. The summed E-state index contributed by atoms with van der Waals surface area (Å²) >= 11 is 0. The Bertz CT molecular complexity index is 790. The highest BCUT2D eigenvalue weighted by Gasteiger charge is 2.45. The lowest BCUT2D eigenvalue weighted by Crippen LogP contribution is -2.46. The molecule has 0 unspecified atom stereocenters. The fourth-order valence-corrected chi connectivity index (χ4v) is 5.00. The van der Waals surface area contributed by atoms with Crippen molar-refractivity contribution in [3.05, 3.63) is 29.8 Å². The lowest BCUT2D eigenvalue weighted by molar-refractivity contribution is -0.179. The van der Waals surface area contributed by atoms with Crippen LogP contribution in [0.3, 0.4) is 0 Å². The number of rotatable bonds is 6. The molecule has 2 aliphatic heterocycles. The molecule has 8 heteroatoms. The van der Waals surface area contributed by atoms with Gasteiger partial charge in [-0.3, -0.25) is 14.4 Å². The molecule has 2 aliphatic rings. The number of hydrogen-bond donors (Lipinski definition) is 0. The molecule has 0 spiro atoms. The number of hydrogen-bond acceptors (Lipinski definition) is 6. The highest BCUT2D eigenvalue weighted by atomic mass is 28.4. The molecule has 1 saturated heterocycles. The van der Waals surface area contributed by atoms with Gasteiger partial charge in [0.2, 0.25) is 5.91 Å². The maximum absolute atomic E-state index is 13.3. The Balaban J connectivity index is 1.78. The van der Waals surface area contributed by atoms with E-state index in [4.69, 9.17) is 18.7 Å². The first-order valence-electron chi connectivity index (χ1n) is 10.4. The summed E-state index contributed by atoms with van der Waals surface area (Å²) in [6, 6.07) is 7.55. The zero-order valence-corrected chi connectivity index (χ0v) is 19.8. The third kappa shape index (κ3) is 4.71. The van der Waals surface area contributed by atoms with Crippen LogP contribution in [0.25, 0.3) is 0 Å². The van der Waals surface area contributed by atoms with Gasteiger partial charge in [-0.05, 0) is 24.2 Å². The summed E-state index contributed by atoms with van der Waals surface area (Å²) in [5.74, 6) is 0.296. The zero-order valence-electron chi connectivity index (χ0n) is 18.8. The second-order valence-corrected chi connectivity index (χ2v) is 14.3. The van der Waals surface area contributed by atoms with Crippen LogP contribution in [0.5, 0.6) is 5.75 Å². The minimum atomic E-state index is -2.19. The van der Waals surface area contributed by atoms with Crippen molar-refractivity contribution >= 4 is 20.2 Å². The molecule has 0 aromatic heterocycles. The maximum atomic E-state index is 13.3. The third-order valence-corrected chi connectivity index (χ3v) is 10.9. The Hall–Kier alpha value is -1.90. The molecule has 3 atom stereocenters. The van der Waals surface area contributed by atoms with Crippen molar-refractivity contribution in [1.82, 2.24) is 5.06 Å². The Morgan fingerprint density at radius 2 is 1.90 bits per heavy atom. The van der Waals surface area contributed by atoms with E-state index in [2.05, 4.69) is 33.9 Å². The maximum Gasteiger partial charge on any atom is 0.308 e. The molecule has 0 saturated carbocycles. The van der Waals surface area contributed by atoms with Gasteiger partial charge in [0.15, 0.2) is 8.32 Å². The second kappa shape index (κ2) is 8.68. The number of ether oxygens (including phenoxy) is 2. The van der Waals surface area contributed by atoms with Gasteiger partial charge < -0.3 is 13.9 Å². The predicted octanol–water partition coefficient (Wildman–Crippen LogP) is 3.85. The highest BCUT2D eigenvalue weighted by molar-refractivity contribution is 6.74. The molecule has 1 fully saturated rings. The zero-order chi connectivity index (χ0) is 22.1. The van der Waals surface area contributed by atoms with Crippen LogP contribution in [-0.2, 0) is 23.6 Å². The molecule has 1 aromatic rings. The van der Waals surface area contributed by atoms with E-state index >= 15 is 0 Å². The van der Waals surface area contributed by atoms with Gasteiger partial charge in [0, 0.05) is 11.5 Å². The van der Waals surface area contributed by atoms with Crippen LogP contribution in [0.2, 0.25) is 18.1 Å². The number of esters is 1. The molecule has 1 amide bonds. The van der Waals surface area contributed by atoms with Crippen molar-refractivity contribution in [3.8, 4) is 5.75 Å². The largest absolute Gasteiger partial charge is 0.493 e. The molecular formula is C22H33NO6Si. The fraction of sp³-hybridized carbons (Fsp3) is 0.636. The minimum Gasteiger partial charge on any atom is -0.493 e. The Kier molecular flexibility index (Phi) is 6.59. The van der Waals surface area contributed by atoms with Gasteiger partial charge in [0.1, 0.15) is 5.75 Å². The van der Waals surface area contributed by atoms with Crippen molar-refractivity contribution in [1.29, 1.82) is 0 Å². The van der Waals surface area contributed by atoms with Crippen molar-refractivity contribution in [2.24, 2.45) is 5.92 Å². The molecule has 2 heterocycles. The first-order chi connectivity index (χ1) is 14.0. The first-order valence-corrected chi connectivity index (χ1v) is 13.4. The number of carbonyl (C=O) groups excluding carboxylic acids is 2. The molecule has 3 rings (SSSR count). The van der Waals surface area contributed by atoms with Crippen LogP contribution >= 0.6 is 0 Å². The summed E-state index contributed by atoms with van der Waals surface area (Å²) in [5, 5.41) is 1.42. The topological polar surface area (TPSA) is 74.3 Å². The van der Waals surface area contributed by atoms with E-state index in [9.17, 15) is 9.59 Å². The molecule has 0 aliphatic carbocycles. The van der Waals surface area contributed by atoms with E-state index in [1.54, 1.807) is 0 Å². The highest BCUT2D eigenvalue weighted by Crippen LogP contribution is 2.44. The molecule has 0 bridgehead atoms. The Morgan fingerprint density at radius 1 is 1.20 bits per heavy atom. The normalized spacial score (nSPS) is 22.0. The SMILES string of the molecule is COC(=O)C[C@H](CC(=O)N1OC[C@H]2COc3ccccc3[C@H]21)O[Si](C)(C)C(C)(C)C. The van der Waals surface area contributed by atoms with Crippen LogP contribution in [0.4, 0.5) is 0 Å². The monoisotopic (exact) mass is 435 g/mol.